The number of halogens is 1. The molecule has 1 aliphatic heterocycles. The molecule has 0 aromatic heterocycles. The molecule has 23 heavy (non-hydrogen) atoms. The molecule has 128 valence electrons. The van der Waals surface area contributed by atoms with Crippen molar-refractivity contribution >= 4 is 18.3 Å². The third kappa shape index (κ3) is 4.71. The van der Waals surface area contributed by atoms with Gasteiger partial charge in [0.15, 0.2) is 0 Å². The van der Waals surface area contributed by atoms with Crippen LogP contribution in [-0.4, -0.2) is 25.5 Å². The van der Waals surface area contributed by atoms with Gasteiger partial charge in [-0.25, -0.2) is 0 Å². The highest BCUT2D eigenvalue weighted by atomic mass is 35.5. The summed E-state index contributed by atoms with van der Waals surface area (Å²) >= 11 is 0. The Labute approximate surface area is 146 Å². The summed E-state index contributed by atoms with van der Waals surface area (Å²) < 4.78 is 0. The van der Waals surface area contributed by atoms with Crippen LogP contribution in [0.4, 0.5) is 0 Å². The van der Waals surface area contributed by atoms with Crippen molar-refractivity contribution in [1.29, 1.82) is 0 Å². The second-order valence-electron chi connectivity index (χ2n) is 7.03. The summed E-state index contributed by atoms with van der Waals surface area (Å²) in [6.45, 7) is 3.00. The normalized spacial score (nSPS) is 22.5. The quantitative estimate of drug-likeness (QED) is 0.835. The number of rotatable bonds is 6. The fourth-order valence-electron chi connectivity index (χ4n) is 4.06. The maximum absolute atomic E-state index is 12.2. The fourth-order valence-corrected chi connectivity index (χ4v) is 4.06. The minimum absolute atomic E-state index is 0. The van der Waals surface area contributed by atoms with Crippen molar-refractivity contribution in [3.05, 3.63) is 35.9 Å². The summed E-state index contributed by atoms with van der Waals surface area (Å²) in [6.07, 6.45) is 7.88. The van der Waals surface area contributed by atoms with Gasteiger partial charge >= 0.3 is 0 Å². The van der Waals surface area contributed by atoms with Crippen LogP contribution in [0, 0.1) is 5.92 Å². The molecule has 1 atom stereocenters. The van der Waals surface area contributed by atoms with Gasteiger partial charge in [0.1, 0.15) is 0 Å². The minimum Gasteiger partial charge on any atom is -0.355 e. The molecular formula is C19H29ClN2O. The lowest BCUT2D eigenvalue weighted by atomic mass is 9.79. The van der Waals surface area contributed by atoms with Crippen LogP contribution >= 0.6 is 12.4 Å². The Morgan fingerprint density at radius 2 is 1.96 bits per heavy atom. The molecule has 1 aromatic rings. The van der Waals surface area contributed by atoms with Crippen LogP contribution in [0.25, 0.3) is 0 Å². The molecule has 2 N–H and O–H groups in total. The van der Waals surface area contributed by atoms with Crippen molar-refractivity contribution in [2.45, 2.75) is 50.4 Å². The number of nitrogens with one attached hydrogen (secondary N) is 2. The van der Waals surface area contributed by atoms with Crippen molar-refractivity contribution in [1.82, 2.24) is 10.6 Å². The second kappa shape index (κ2) is 8.70. The molecule has 1 saturated carbocycles. The largest absolute Gasteiger partial charge is 0.355 e. The van der Waals surface area contributed by atoms with Gasteiger partial charge in [-0.05, 0) is 50.3 Å². The SMILES string of the molecule is Cl.O=C(CCC1CCNC1)NCC1(c2ccccc2)CCCC1. The molecule has 1 unspecified atom stereocenters. The van der Waals surface area contributed by atoms with E-state index < -0.39 is 0 Å². The molecule has 2 aliphatic rings. The molecule has 0 bridgehead atoms. The van der Waals surface area contributed by atoms with Crippen molar-refractivity contribution < 1.29 is 4.79 Å². The van der Waals surface area contributed by atoms with E-state index in [1.807, 2.05) is 0 Å². The van der Waals surface area contributed by atoms with Crippen LogP contribution in [0.3, 0.4) is 0 Å². The number of carbonyl (C=O) groups excluding carboxylic acids is 1. The Morgan fingerprint density at radius 1 is 1.22 bits per heavy atom. The van der Waals surface area contributed by atoms with Gasteiger partial charge in [0.2, 0.25) is 5.91 Å². The number of amides is 1. The molecule has 1 saturated heterocycles. The first-order valence-electron chi connectivity index (χ1n) is 8.81. The van der Waals surface area contributed by atoms with Crippen molar-refractivity contribution in [2.75, 3.05) is 19.6 Å². The Kier molecular flexibility index (Phi) is 6.91. The van der Waals surface area contributed by atoms with E-state index in [1.165, 1.54) is 37.7 Å². The summed E-state index contributed by atoms with van der Waals surface area (Å²) in [5, 5.41) is 6.60. The average molecular weight is 337 g/mol. The number of carbonyl (C=O) groups is 1. The van der Waals surface area contributed by atoms with Gasteiger partial charge in [0.25, 0.3) is 0 Å². The zero-order valence-electron chi connectivity index (χ0n) is 13.9. The van der Waals surface area contributed by atoms with Gasteiger partial charge in [0, 0.05) is 18.4 Å². The lowest BCUT2D eigenvalue weighted by molar-refractivity contribution is -0.121. The van der Waals surface area contributed by atoms with Crippen LogP contribution in [0.5, 0.6) is 0 Å². The summed E-state index contributed by atoms with van der Waals surface area (Å²) in [4.78, 5) is 12.2. The molecule has 3 rings (SSSR count). The Hall–Kier alpha value is -1.06. The van der Waals surface area contributed by atoms with Gasteiger partial charge in [-0.15, -0.1) is 12.4 Å². The topological polar surface area (TPSA) is 41.1 Å². The van der Waals surface area contributed by atoms with E-state index in [4.69, 9.17) is 0 Å². The first-order valence-corrected chi connectivity index (χ1v) is 8.81. The molecule has 1 aliphatic carbocycles. The number of benzene rings is 1. The van der Waals surface area contributed by atoms with E-state index in [-0.39, 0.29) is 23.7 Å². The summed E-state index contributed by atoms with van der Waals surface area (Å²) in [7, 11) is 0. The molecule has 0 radical (unpaired) electrons. The molecule has 4 heteroatoms. The Morgan fingerprint density at radius 3 is 2.61 bits per heavy atom. The van der Waals surface area contributed by atoms with E-state index in [2.05, 4.69) is 41.0 Å². The molecular weight excluding hydrogens is 308 g/mol. The first-order chi connectivity index (χ1) is 10.8. The molecule has 1 heterocycles. The maximum atomic E-state index is 12.2. The third-order valence-corrected chi connectivity index (χ3v) is 5.51. The fraction of sp³-hybridized carbons (Fsp3) is 0.632. The van der Waals surface area contributed by atoms with E-state index in [1.54, 1.807) is 0 Å². The Bertz CT molecular complexity index is 479. The van der Waals surface area contributed by atoms with E-state index in [0.717, 1.165) is 26.1 Å². The highest BCUT2D eigenvalue weighted by molar-refractivity contribution is 5.85. The lowest BCUT2D eigenvalue weighted by Crippen LogP contribution is -2.39. The van der Waals surface area contributed by atoms with Gasteiger partial charge in [-0.3, -0.25) is 4.79 Å². The minimum atomic E-state index is 0. The van der Waals surface area contributed by atoms with Gasteiger partial charge in [-0.2, -0.15) is 0 Å². The monoisotopic (exact) mass is 336 g/mol. The standard InChI is InChI=1S/C19H28N2O.ClH/c22-18(9-8-16-10-13-20-14-16)21-15-19(11-4-5-12-19)17-6-2-1-3-7-17;/h1-3,6-7,16,20H,4-5,8-15H2,(H,21,22);1H. The van der Waals surface area contributed by atoms with Crippen LogP contribution in [0.2, 0.25) is 0 Å². The number of hydrogen-bond donors (Lipinski definition) is 2. The van der Waals surface area contributed by atoms with Crippen molar-refractivity contribution in [3.8, 4) is 0 Å². The van der Waals surface area contributed by atoms with Gasteiger partial charge < -0.3 is 10.6 Å². The summed E-state index contributed by atoms with van der Waals surface area (Å²) in [6, 6.07) is 10.7. The second-order valence-corrected chi connectivity index (χ2v) is 7.03. The van der Waals surface area contributed by atoms with Crippen LogP contribution < -0.4 is 10.6 Å². The predicted molar refractivity (Wildman–Crippen MR) is 97.1 cm³/mol. The first kappa shape index (κ1) is 18.3. The van der Waals surface area contributed by atoms with Crippen LogP contribution in [0.1, 0.15) is 50.5 Å². The lowest BCUT2D eigenvalue weighted by Gasteiger charge is -2.30. The third-order valence-electron chi connectivity index (χ3n) is 5.51. The molecule has 1 amide bonds. The maximum Gasteiger partial charge on any atom is 0.220 e. The zero-order valence-corrected chi connectivity index (χ0v) is 14.7. The van der Waals surface area contributed by atoms with Crippen LogP contribution in [0.15, 0.2) is 30.3 Å². The zero-order chi connectivity index (χ0) is 15.3. The highest BCUT2D eigenvalue weighted by Crippen LogP contribution is 2.40. The predicted octanol–water partition coefficient (Wildman–Crippen LogP) is 3.43. The Balaban J connectivity index is 0.00000192. The molecule has 0 spiro atoms. The van der Waals surface area contributed by atoms with Crippen LogP contribution in [-0.2, 0) is 10.2 Å². The van der Waals surface area contributed by atoms with E-state index in [9.17, 15) is 4.79 Å². The van der Waals surface area contributed by atoms with Crippen molar-refractivity contribution in [3.63, 3.8) is 0 Å². The highest BCUT2D eigenvalue weighted by Gasteiger charge is 2.35. The molecule has 3 nitrogen and oxygen atoms in total. The van der Waals surface area contributed by atoms with Gasteiger partial charge in [-0.1, -0.05) is 43.2 Å². The summed E-state index contributed by atoms with van der Waals surface area (Å²) in [5.74, 6) is 0.925. The van der Waals surface area contributed by atoms with E-state index >= 15 is 0 Å². The molecule has 2 fully saturated rings. The van der Waals surface area contributed by atoms with Gasteiger partial charge in [0.05, 0.1) is 0 Å². The van der Waals surface area contributed by atoms with E-state index in [0.29, 0.717) is 12.3 Å². The average Bonchev–Trinajstić information content (AvgIpc) is 3.24. The summed E-state index contributed by atoms with van der Waals surface area (Å²) in [5.41, 5.74) is 1.57. The smallest absolute Gasteiger partial charge is 0.220 e. The van der Waals surface area contributed by atoms with Crippen molar-refractivity contribution in [2.24, 2.45) is 5.92 Å². The molecule has 1 aromatic carbocycles. The number of hydrogen-bond acceptors (Lipinski definition) is 2.